The van der Waals surface area contributed by atoms with Gasteiger partial charge in [-0.05, 0) is 74.8 Å². The van der Waals surface area contributed by atoms with Crippen molar-refractivity contribution in [3.05, 3.63) is 35.3 Å². The van der Waals surface area contributed by atoms with Crippen LogP contribution in [0.5, 0.6) is 0 Å². The highest BCUT2D eigenvalue weighted by molar-refractivity contribution is 5.66. The van der Waals surface area contributed by atoms with Crippen LogP contribution in [0.25, 0.3) is 0 Å². The summed E-state index contributed by atoms with van der Waals surface area (Å²) in [5, 5.41) is 9.16. The lowest BCUT2D eigenvalue weighted by atomic mass is 9.56. The highest BCUT2D eigenvalue weighted by Crippen LogP contribution is 2.53. The average Bonchev–Trinajstić information content (AvgIpc) is 2.99. The van der Waals surface area contributed by atoms with Gasteiger partial charge in [0, 0.05) is 6.42 Å². The second-order valence-electron chi connectivity index (χ2n) is 7.59. The number of aliphatic carboxylic acids is 1. The molecule has 1 fully saturated rings. The van der Waals surface area contributed by atoms with E-state index in [4.69, 9.17) is 9.52 Å². The van der Waals surface area contributed by atoms with Crippen LogP contribution in [0.3, 0.4) is 0 Å². The molecule has 3 heteroatoms. The normalized spacial score (nSPS) is 27.9. The number of hydrogen-bond donors (Lipinski definition) is 1. The number of furan rings is 1. The van der Waals surface area contributed by atoms with E-state index in [1.54, 1.807) is 6.26 Å². The molecule has 1 aromatic heterocycles. The Hall–Kier alpha value is -1.51. The van der Waals surface area contributed by atoms with Crippen molar-refractivity contribution >= 4 is 5.97 Å². The van der Waals surface area contributed by atoms with Crippen LogP contribution < -0.4 is 0 Å². The zero-order chi connectivity index (χ0) is 17.0. The van der Waals surface area contributed by atoms with Gasteiger partial charge in [0.1, 0.15) is 0 Å². The Balaban J connectivity index is 2.24. The lowest BCUT2D eigenvalue weighted by molar-refractivity contribution is -0.137. The first-order valence-electron chi connectivity index (χ1n) is 8.73. The predicted octanol–water partition coefficient (Wildman–Crippen LogP) is 5.47. The SMILES string of the molecule is CC(C)=C1CC[C@@H](C)[C@](C)(CCc2ccoc2)[C@@H]1CCC(=O)O. The molecule has 1 N–H and O–H groups in total. The summed E-state index contributed by atoms with van der Waals surface area (Å²) in [5.74, 6) is 0.295. The Morgan fingerprint density at radius 1 is 1.43 bits per heavy atom. The Morgan fingerprint density at radius 3 is 2.74 bits per heavy atom. The van der Waals surface area contributed by atoms with Gasteiger partial charge in [0.05, 0.1) is 12.5 Å². The highest BCUT2D eigenvalue weighted by atomic mass is 16.4. The van der Waals surface area contributed by atoms with Gasteiger partial charge in [-0.3, -0.25) is 4.79 Å². The zero-order valence-electron chi connectivity index (χ0n) is 14.9. The molecule has 1 aromatic rings. The Kier molecular flexibility index (Phi) is 5.72. The fraction of sp³-hybridized carbons (Fsp3) is 0.650. The van der Waals surface area contributed by atoms with E-state index < -0.39 is 5.97 Å². The third kappa shape index (κ3) is 4.07. The maximum atomic E-state index is 11.1. The minimum absolute atomic E-state index is 0.150. The summed E-state index contributed by atoms with van der Waals surface area (Å²) in [5.41, 5.74) is 4.26. The number of allylic oxidation sites excluding steroid dienone is 2. The minimum Gasteiger partial charge on any atom is -0.481 e. The van der Waals surface area contributed by atoms with E-state index >= 15 is 0 Å². The molecule has 0 spiro atoms. The Labute approximate surface area is 139 Å². The minimum atomic E-state index is -0.687. The van der Waals surface area contributed by atoms with E-state index in [2.05, 4.69) is 27.7 Å². The molecule has 128 valence electrons. The van der Waals surface area contributed by atoms with E-state index in [1.807, 2.05) is 12.3 Å². The molecule has 2 rings (SSSR count). The maximum absolute atomic E-state index is 11.1. The third-order valence-electron chi connectivity index (χ3n) is 6.01. The summed E-state index contributed by atoms with van der Waals surface area (Å²) < 4.78 is 5.19. The first-order valence-corrected chi connectivity index (χ1v) is 8.73. The van der Waals surface area contributed by atoms with Crippen LogP contribution in [0, 0.1) is 17.3 Å². The van der Waals surface area contributed by atoms with Crippen LogP contribution in [0.4, 0.5) is 0 Å². The molecule has 0 saturated heterocycles. The molecule has 23 heavy (non-hydrogen) atoms. The molecule has 0 aromatic carbocycles. The molecule has 0 radical (unpaired) electrons. The largest absolute Gasteiger partial charge is 0.481 e. The summed E-state index contributed by atoms with van der Waals surface area (Å²) in [4.78, 5) is 11.1. The molecule has 3 nitrogen and oxygen atoms in total. The monoisotopic (exact) mass is 318 g/mol. The van der Waals surface area contributed by atoms with Crippen LogP contribution in [-0.4, -0.2) is 11.1 Å². The van der Waals surface area contributed by atoms with Crippen molar-refractivity contribution in [3.8, 4) is 0 Å². The van der Waals surface area contributed by atoms with Crippen molar-refractivity contribution in [1.82, 2.24) is 0 Å². The maximum Gasteiger partial charge on any atom is 0.303 e. The molecule has 3 atom stereocenters. The number of carboxylic acid groups (broad SMARTS) is 1. The quantitative estimate of drug-likeness (QED) is 0.708. The molecule has 0 aliphatic heterocycles. The molecule has 0 bridgehead atoms. The molecule has 1 aliphatic rings. The second kappa shape index (κ2) is 7.37. The smallest absolute Gasteiger partial charge is 0.303 e. The summed E-state index contributed by atoms with van der Waals surface area (Å²) in [6.07, 6.45) is 8.96. The lowest BCUT2D eigenvalue weighted by Crippen LogP contribution is -2.40. The number of hydrogen-bond acceptors (Lipinski definition) is 2. The van der Waals surface area contributed by atoms with Crippen LogP contribution in [0.15, 0.2) is 34.2 Å². The molecule has 0 amide bonds. The number of carbonyl (C=O) groups is 1. The van der Waals surface area contributed by atoms with Crippen LogP contribution in [-0.2, 0) is 11.2 Å². The van der Waals surface area contributed by atoms with E-state index in [0.717, 1.165) is 25.7 Å². The standard InChI is InChI=1S/C20H30O3/c1-14(2)17-6-5-15(3)20(4,18(17)7-8-19(21)22)11-9-16-10-12-23-13-16/h10,12-13,15,18H,5-9,11H2,1-4H3,(H,21,22)/t15-,18-,20+/m1/s1. The Bertz CT molecular complexity index is 551. The topological polar surface area (TPSA) is 50.4 Å². The van der Waals surface area contributed by atoms with Gasteiger partial charge >= 0.3 is 5.97 Å². The van der Waals surface area contributed by atoms with E-state index in [9.17, 15) is 4.79 Å². The van der Waals surface area contributed by atoms with E-state index in [-0.39, 0.29) is 11.8 Å². The molecule has 1 aliphatic carbocycles. The Morgan fingerprint density at radius 2 is 2.17 bits per heavy atom. The van der Waals surface area contributed by atoms with Gasteiger partial charge in [-0.1, -0.05) is 25.0 Å². The second-order valence-corrected chi connectivity index (χ2v) is 7.59. The van der Waals surface area contributed by atoms with Gasteiger partial charge in [-0.25, -0.2) is 0 Å². The van der Waals surface area contributed by atoms with Crippen LogP contribution in [0.2, 0.25) is 0 Å². The van der Waals surface area contributed by atoms with Gasteiger partial charge in [0.25, 0.3) is 0 Å². The molecular weight excluding hydrogens is 288 g/mol. The first-order chi connectivity index (χ1) is 10.8. The van der Waals surface area contributed by atoms with E-state index in [1.165, 1.54) is 23.1 Å². The summed E-state index contributed by atoms with van der Waals surface area (Å²) in [6.45, 7) is 9.06. The van der Waals surface area contributed by atoms with Crippen molar-refractivity contribution in [2.45, 2.75) is 66.2 Å². The fourth-order valence-electron chi connectivity index (χ4n) is 4.26. The van der Waals surface area contributed by atoms with Crippen LogP contribution >= 0.6 is 0 Å². The van der Waals surface area contributed by atoms with Gasteiger partial charge in [0.2, 0.25) is 0 Å². The van der Waals surface area contributed by atoms with Gasteiger partial charge in [-0.15, -0.1) is 0 Å². The summed E-state index contributed by atoms with van der Waals surface area (Å²) in [7, 11) is 0. The molecule has 1 heterocycles. The molecule has 0 unspecified atom stereocenters. The van der Waals surface area contributed by atoms with Gasteiger partial charge in [-0.2, -0.15) is 0 Å². The van der Waals surface area contributed by atoms with Crippen molar-refractivity contribution in [2.75, 3.05) is 0 Å². The van der Waals surface area contributed by atoms with Crippen LogP contribution in [0.1, 0.15) is 65.4 Å². The van der Waals surface area contributed by atoms with Gasteiger partial charge < -0.3 is 9.52 Å². The highest BCUT2D eigenvalue weighted by Gasteiger charge is 2.43. The third-order valence-corrected chi connectivity index (χ3v) is 6.01. The predicted molar refractivity (Wildman–Crippen MR) is 92.3 cm³/mol. The van der Waals surface area contributed by atoms with Crippen molar-refractivity contribution in [1.29, 1.82) is 0 Å². The number of aryl methyl sites for hydroxylation is 1. The molecular formula is C20H30O3. The van der Waals surface area contributed by atoms with Gasteiger partial charge in [0.15, 0.2) is 0 Å². The molecule has 1 saturated carbocycles. The number of carboxylic acids is 1. The summed E-state index contributed by atoms with van der Waals surface area (Å²) >= 11 is 0. The van der Waals surface area contributed by atoms with Crippen molar-refractivity contribution in [2.24, 2.45) is 17.3 Å². The zero-order valence-corrected chi connectivity index (χ0v) is 14.9. The number of rotatable bonds is 6. The van der Waals surface area contributed by atoms with Crippen molar-refractivity contribution < 1.29 is 14.3 Å². The lowest BCUT2D eigenvalue weighted by Gasteiger charge is -2.49. The fourth-order valence-corrected chi connectivity index (χ4v) is 4.26. The van der Waals surface area contributed by atoms with Crippen molar-refractivity contribution in [3.63, 3.8) is 0 Å². The van der Waals surface area contributed by atoms with E-state index in [0.29, 0.717) is 11.8 Å². The average molecular weight is 318 g/mol. The first kappa shape index (κ1) is 17.8. The summed E-state index contributed by atoms with van der Waals surface area (Å²) in [6, 6.07) is 2.03.